The molecular weight excluding hydrogens is 478 g/mol. The van der Waals surface area contributed by atoms with Gasteiger partial charge in [-0.3, -0.25) is 0 Å². The van der Waals surface area contributed by atoms with Crippen LogP contribution in [0.4, 0.5) is 4.39 Å². The van der Waals surface area contributed by atoms with E-state index < -0.39 is 5.82 Å². The van der Waals surface area contributed by atoms with Gasteiger partial charge in [-0.15, -0.1) is 0 Å². The van der Waals surface area contributed by atoms with Crippen LogP contribution in [0, 0.1) is 24.6 Å². The molecular formula is C26H29Cl2FN2O3. The Hall–Kier alpha value is -2.31. The van der Waals surface area contributed by atoms with Crippen molar-refractivity contribution in [3.8, 4) is 16.9 Å². The molecule has 2 aliphatic heterocycles. The van der Waals surface area contributed by atoms with Crippen molar-refractivity contribution >= 4 is 35.0 Å². The molecule has 5 nitrogen and oxygen atoms in total. The van der Waals surface area contributed by atoms with Crippen LogP contribution in [0.5, 0.6) is 5.75 Å². The number of aliphatic imine (C=N–C) groups is 2. The molecule has 2 heterocycles. The van der Waals surface area contributed by atoms with Crippen molar-refractivity contribution in [3.63, 3.8) is 0 Å². The summed E-state index contributed by atoms with van der Waals surface area (Å²) in [5.41, 5.74) is 4.00. The van der Waals surface area contributed by atoms with E-state index in [9.17, 15) is 4.39 Å². The van der Waals surface area contributed by atoms with Crippen LogP contribution >= 0.6 is 23.2 Å². The zero-order valence-corrected chi connectivity index (χ0v) is 21.5. The smallest absolute Gasteiger partial charge is 0.209 e. The Morgan fingerprint density at radius 3 is 2.44 bits per heavy atom. The molecule has 0 saturated heterocycles. The molecule has 3 atom stereocenters. The Morgan fingerprint density at radius 2 is 1.82 bits per heavy atom. The van der Waals surface area contributed by atoms with Crippen LogP contribution in [-0.4, -0.2) is 45.2 Å². The van der Waals surface area contributed by atoms with Crippen molar-refractivity contribution in [1.82, 2.24) is 0 Å². The first-order valence-corrected chi connectivity index (χ1v) is 12.1. The van der Waals surface area contributed by atoms with Crippen LogP contribution in [0.3, 0.4) is 0 Å². The molecule has 0 radical (unpaired) electrons. The largest absolute Gasteiger partial charge is 0.492 e. The zero-order chi connectivity index (χ0) is 24.6. The topological polar surface area (TPSA) is 52.4 Å². The van der Waals surface area contributed by atoms with Gasteiger partial charge in [0.2, 0.25) is 11.8 Å². The molecule has 34 heavy (non-hydrogen) atoms. The highest BCUT2D eigenvalue weighted by atomic mass is 35.5. The summed E-state index contributed by atoms with van der Waals surface area (Å²) in [6.45, 7) is 7.50. The number of rotatable bonds is 2. The standard InChI is InChI=1S/C17H13Cl2FO.C9H16N2O2/c1-8-2-3-11(16-13(18)5-10(20)6-14(16)19)17-15(8)12-4-9(12)7-21-17;1-6(2)8-9(13-4)10-5-7(11-8)12-3/h2-3,5-6,9,12H,4,7H2,1H3;6,8H,5H2,1-4H3. The number of halogens is 3. The van der Waals surface area contributed by atoms with Gasteiger partial charge in [-0.2, -0.15) is 0 Å². The van der Waals surface area contributed by atoms with Crippen molar-refractivity contribution in [2.45, 2.75) is 39.2 Å². The molecule has 0 N–H and O–H groups in total. The van der Waals surface area contributed by atoms with E-state index >= 15 is 0 Å². The number of hydrogen-bond donors (Lipinski definition) is 0. The van der Waals surface area contributed by atoms with E-state index in [1.54, 1.807) is 14.2 Å². The lowest BCUT2D eigenvalue weighted by Gasteiger charge is -2.23. The molecule has 0 aromatic heterocycles. The van der Waals surface area contributed by atoms with Crippen molar-refractivity contribution < 1.29 is 18.6 Å². The lowest BCUT2D eigenvalue weighted by molar-refractivity contribution is 0.280. The minimum absolute atomic E-state index is 0.00806. The van der Waals surface area contributed by atoms with Crippen LogP contribution in [0.25, 0.3) is 11.1 Å². The number of hydrogen-bond acceptors (Lipinski definition) is 5. The summed E-state index contributed by atoms with van der Waals surface area (Å²) in [6.07, 6.45) is 1.18. The fourth-order valence-corrected chi connectivity index (χ4v) is 5.18. The van der Waals surface area contributed by atoms with E-state index in [0.29, 0.717) is 51.7 Å². The third kappa shape index (κ3) is 4.89. The highest BCUT2D eigenvalue weighted by Gasteiger charge is 2.45. The number of nitrogens with zero attached hydrogens (tertiary/aromatic N) is 2. The van der Waals surface area contributed by atoms with Gasteiger partial charge in [0.15, 0.2) is 0 Å². The Kier molecular flexibility index (Phi) is 7.39. The predicted molar refractivity (Wildman–Crippen MR) is 135 cm³/mol. The number of methoxy groups -OCH3 is 2. The van der Waals surface area contributed by atoms with Gasteiger partial charge < -0.3 is 14.2 Å². The van der Waals surface area contributed by atoms with Crippen LogP contribution in [0.15, 0.2) is 34.3 Å². The summed E-state index contributed by atoms with van der Waals surface area (Å²) in [4.78, 5) is 8.63. The molecule has 1 fully saturated rings. The van der Waals surface area contributed by atoms with Crippen molar-refractivity contribution in [2.24, 2.45) is 21.8 Å². The van der Waals surface area contributed by atoms with E-state index in [1.807, 2.05) is 6.07 Å². The zero-order valence-electron chi connectivity index (χ0n) is 20.0. The monoisotopic (exact) mass is 506 g/mol. The van der Waals surface area contributed by atoms with E-state index in [1.165, 1.54) is 29.7 Å². The van der Waals surface area contributed by atoms with Crippen molar-refractivity contribution in [1.29, 1.82) is 0 Å². The van der Waals surface area contributed by atoms with Gasteiger partial charge in [-0.1, -0.05) is 49.2 Å². The lowest BCUT2D eigenvalue weighted by Crippen LogP contribution is -2.32. The number of fused-ring (bicyclic) bond motifs is 3. The summed E-state index contributed by atoms with van der Waals surface area (Å²) in [7, 11) is 3.24. The molecule has 8 heteroatoms. The first-order chi connectivity index (χ1) is 16.2. The first-order valence-electron chi connectivity index (χ1n) is 11.3. The van der Waals surface area contributed by atoms with Gasteiger partial charge >= 0.3 is 0 Å². The molecule has 2 aromatic rings. The Morgan fingerprint density at radius 1 is 1.12 bits per heavy atom. The van der Waals surface area contributed by atoms with Crippen molar-refractivity contribution in [3.05, 3.63) is 51.3 Å². The predicted octanol–water partition coefficient (Wildman–Crippen LogP) is 6.72. The average Bonchev–Trinajstić information content (AvgIpc) is 3.59. The molecule has 3 aliphatic rings. The second kappa shape index (κ2) is 10.1. The average molecular weight is 507 g/mol. The first kappa shape index (κ1) is 24.8. The molecule has 0 spiro atoms. The Balaban J connectivity index is 0.000000182. The summed E-state index contributed by atoms with van der Waals surface area (Å²) >= 11 is 12.4. The maximum absolute atomic E-state index is 13.4. The number of aryl methyl sites for hydroxylation is 1. The quantitative estimate of drug-likeness (QED) is 0.454. The number of benzene rings is 2. The Labute approximate surface area is 209 Å². The maximum atomic E-state index is 13.4. The maximum Gasteiger partial charge on any atom is 0.209 e. The van der Waals surface area contributed by atoms with Crippen LogP contribution in [-0.2, 0) is 9.47 Å². The van der Waals surface area contributed by atoms with E-state index in [4.69, 9.17) is 37.4 Å². The van der Waals surface area contributed by atoms with Gasteiger partial charge in [-0.05, 0) is 42.9 Å². The van der Waals surface area contributed by atoms with Crippen LogP contribution in [0.1, 0.15) is 37.3 Å². The van der Waals surface area contributed by atoms with Gasteiger partial charge in [0.1, 0.15) is 24.2 Å². The SMILES string of the molecule is COC1=NC(C(C)C)C(OC)=NC1.Cc1ccc(-c2c(Cl)cc(F)cc2Cl)c2c1C1CC1CO2. The second-order valence-corrected chi connectivity index (χ2v) is 9.92. The summed E-state index contributed by atoms with van der Waals surface area (Å²) in [5.74, 6) is 3.43. The highest BCUT2D eigenvalue weighted by molar-refractivity contribution is 6.39. The van der Waals surface area contributed by atoms with Gasteiger partial charge in [0.25, 0.3) is 0 Å². The molecule has 1 aliphatic carbocycles. The van der Waals surface area contributed by atoms with Crippen LogP contribution < -0.4 is 4.74 Å². The molecule has 182 valence electrons. The summed E-state index contributed by atoms with van der Waals surface area (Å²) in [6, 6.07) is 6.61. The third-order valence-electron chi connectivity index (χ3n) is 6.41. The summed E-state index contributed by atoms with van der Waals surface area (Å²) in [5, 5.41) is 0.625. The van der Waals surface area contributed by atoms with Gasteiger partial charge in [0.05, 0.1) is 30.9 Å². The van der Waals surface area contributed by atoms with Crippen molar-refractivity contribution in [2.75, 3.05) is 27.4 Å². The van der Waals surface area contributed by atoms with Gasteiger partial charge in [0, 0.05) is 22.6 Å². The summed E-state index contributed by atoms with van der Waals surface area (Å²) < 4.78 is 29.6. The molecule has 3 unspecified atom stereocenters. The minimum Gasteiger partial charge on any atom is -0.492 e. The van der Waals surface area contributed by atoms with Crippen LogP contribution in [0.2, 0.25) is 10.0 Å². The second-order valence-electron chi connectivity index (χ2n) is 9.10. The lowest BCUT2D eigenvalue weighted by atomic mass is 9.93. The molecule has 2 aromatic carbocycles. The number of ether oxygens (including phenoxy) is 3. The normalized spacial score (nSPS) is 22.3. The molecule has 5 rings (SSSR count). The molecule has 0 bridgehead atoms. The van der Waals surface area contributed by atoms with E-state index in [-0.39, 0.29) is 6.04 Å². The van der Waals surface area contributed by atoms with Gasteiger partial charge in [-0.25, -0.2) is 14.4 Å². The Bertz CT molecular complexity index is 1130. The molecule has 0 amide bonds. The highest BCUT2D eigenvalue weighted by Crippen LogP contribution is 2.57. The van der Waals surface area contributed by atoms with E-state index in [2.05, 4.69) is 36.8 Å². The third-order valence-corrected chi connectivity index (χ3v) is 7.00. The fourth-order valence-electron chi connectivity index (χ4n) is 4.51. The molecule has 1 saturated carbocycles. The minimum atomic E-state index is -0.432. The fraction of sp³-hybridized carbons (Fsp3) is 0.462. The van der Waals surface area contributed by atoms with E-state index in [0.717, 1.165) is 17.9 Å².